The molecule has 5 atom stereocenters. The molecule has 0 aromatic heterocycles. The molecule has 0 radical (unpaired) electrons. The Labute approximate surface area is 228 Å². The zero-order chi connectivity index (χ0) is 28.2. The third-order valence-electron chi connectivity index (χ3n) is 7.61. The Hall–Kier alpha value is -2.48. The van der Waals surface area contributed by atoms with Crippen LogP contribution in [0.2, 0.25) is 0 Å². The van der Waals surface area contributed by atoms with Crippen molar-refractivity contribution in [2.45, 2.75) is 91.5 Å². The van der Waals surface area contributed by atoms with Crippen LogP contribution >= 0.6 is 0 Å². The van der Waals surface area contributed by atoms with E-state index in [9.17, 15) is 9.59 Å². The van der Waals surface area contributed by atoms with Crippen molar-refractivity contribution in [2.75, 3.05) is 27.4 Å². The van der Waals surface area contributed by atoms with Gasteiger partial charge in [0.15, 0.2) is 11.5 Å². The third-order valence-corrected chi connectivity index (χ3v) is 7.61. The minimum absolute atomic E-state index is 0.138. The molecule has 2 aliphatic rings. The van der Waals surface area contributed by atoms with Gasteiger partial charge in [0, 0.05) is 20.1 Å². The number of benzene rings is 1. The first-order valence-electron chi connectivity index (χ1n) is 13.9. The first-order chi connectivity index (χ1) is 17.9. The smallest absolute Gasteiger partial charge is 0.411 e. The van der Waals surface area contributed by atoms with Crippen LogP contribution in [0.15, 0.2) is 18.2 Å². The van der Waals surface area contributed by atoms with Gasteiger partial charge in [-0.1, -0.05) is 33.8 Å². The Balaban J connectivity index is 2.03. The molecule has 0 spiro atoms. The largest absolute Gasteiger partial charge is 0.493 e. The second-order valence-electron chi connectivity index (χ2n) is 12.2. The summed E-state index contributed by atoms with van der Waals surface area (Å²) in [5.74, 6) is 1.53. The summed E-state index contributed by atoms with van der Waals surface area (Å²) in [7, 11) is 3.28. The van der Waals surface area contributed by atoms with Crippen molar-refractivity contribution in [2.24, 2.45) is 23.7 Å². The predicted molar refractivity (Wildman–Crippen MR) is 145 cm³/mol. The summed E-state index contributed by atoms with van der Waals surface area (Å²) in [5.41, 5.74) is 0.286. The molecule has 8 heteroatoms. The van der Waals surface area contributed by atoms with Crippen LogP contribution in [0.1, 0.15) is 79.3 Å². The van der Waals surface area contributed by atoms with Gasteiger partial charge in [0.1, 0.15) is 11.7 Å². The van der Waals surface area contributed by atoms with E-state index in [2.05, 4.69) is 13.8 Å². The van der Waals surface area contributed by atoms with Gasteiger partial charge in [-0.15, -0.1) is 0 Å². The van der Waals surface area contributed by atoms with Crippen molar-refractivity contribution in [3.8, 4) is 11.5 Å². The number of likely N-dealkylation sites (tertiary alicyclic amines) is 1. The Kier molecular flexibility index (Phi) is 9.96. The minimum Gasteiger partial charge on any atom is -0.493 e. The zero-order valence-electron chi connectivity index (χ0n) is 24.6. The highest BCUT2D eigenvalue weighted by Crippen LogP contribution is 2.49. The van der Waals surface area contributed by atoms with Crippen molar-refractivity contribution >= 4 is 12.1 Å². The van der Waals surface area contributed by atoms with Crippen molar-refractivity contribution in [1.82, 2.24) is 4.90 Å². The van der Waals surface area contributed by atoms with Gasteiger partial charge in [0.05, 0.1) is 31.7 Å². The number of cyclic esters (lactones) is 1. The van der Waals surface area contributed by atoms with E-state index >= 15 is 0 Å². The van der Waals surface area contributed by atoms with Crippen LogP contribution in [0.5, 0.6) is 11.5 Å². The maximum atomic E-state index is 13.8. The summed E-state index contributed by atoms with van der Waals surface area (Å²) in [4.78, 5) is 28.4. The van der Waals surface area contributed by atoms with Crippen molar-refractivity contribution in [3.05, 3.63) is 23.8 Å². The maximum absolute atomic E-state index is 13.8. The first kappa shape index (κ1) is 30.1. The van der Waals surface area contributed by atoms with Gasteiger partial charge in [-0.05, 0) is 69.1 Å². The lowest BCUT2D eigenvalue weighted by Gasteiger charge is -2.36. The normalized spacial score (nSPS) is 25.7. The summed E-state index contributed by atoms with van der Waals surface area (Å²) < 4.78 is 28.7. The SMILES string of the molecule is COCCCOc1cc(C2[C@H](C(C)C)CC([C@@H]3C[C@@H](C(C)C)C(=O)O3)N2C(=O)OC(C)(C)C)ccc1OC. The number of ether oxygens (including phenoxy) is 5. The van der Waals surface area contributed by atoms with Crippen molar-refractivity contribution in [1.29, 1.82) is 0 Å². The Morgan fingerprint density at radius 2 is 1.76 bits per heavy atom. The van der Waals surface area contributed by atoms with Gasteiger partial charge in [-0.25, -0.2) is 4.79 Å². The van der Waals surface area contributed by atoms with E-state index in [0.717, 1.165) is 18.4 Å². The van der Waals surface area contributed by atoms with E-state index in [0.29, 0.717) is 31.1 Å². The predicted octanol–water partition coefficient (Wildman–Crippen LogP) is 6.02. The molecule has 8 nitrogen and oxygen atoms in total. The topological polar surface area (TPSA) is 83.5 Å². The second kappa shape index (κ2) is 12.6. The van der Waals surface area contributed by atoms with Gasteiger partial charge in [0.2, 0.25) is 0 Å². The van der Waals surface area contributed by atoms with Gasteiger partial charge >= 0.3 is 12.1 Å². The van der Waals surface area contributed by atoms with Crippen LogP contribution in [-0.4, -0.2) is 62.1 Å². The highest BCUT2D eigenvalue weighted by Gasteiger charge is 2.53. The molecule has 38 heavy (non-hydrogen) atoms. The van der Waals surface area contributed by atoms with Gasteiger partial charge in [-0.2, -0.15) is 0 Å². The number of methoxy groups -OCH3 is 2. The van der Waals surface area contributed by atoms with Crippen LogP contribution in [0.4, 0.5) is 4.79 Å². The lowest BCUT2D eigenvalue weighted by atomic mass is 9.83. The van der Waals surface area contributed by atoms with Crippen molar-refractivity contribution in [3.63, 3.8) is 0 Å². The monoisotopic (exact) mass is 533 g/mol. The number of nitrogens with zero attached hydrogens (tertiary/aromatic N) is 1. The fraction of sp³-hybridized carbons (Fsp3) is 0.733. The molecule has 3 rings (SSSR count). The summed E-state index contributed by atoms with van der Waals surface area (Å²) in [6, 6.07) is 5.33. The number of hydrogen-bond acceptors (Lipinski definition) is 7. The summed E-state index contributed by atoms with van der Waals surface area (Å²) in [6.45, 7) is 15.1. The fourth-order valence-electron chi connectivity index (χ4n) is 5.66. The molecule has 0 N–H and O–H groups in total. The average molecular weight is 534 g/mol. The number of amides is 1. The highest BCUT2D eigenvalue weighted by atomic mass is 16.6. The molecule has 0 saturated carbocycles. The van der Waals surface area contributed by atoms with E-state index in [1.807, 2.05) is 57.7 Å². The molecule has 0 bridgehead atoms. The minimum atomic E-state index is -0.662. The molecule has 1 amide bonds. The number of esters is 1. The van der Waals surface area contributed by atoms with E-state index in [1.54, 1.807) is 14.2 Å². The molecule has 2 aliphatic heterocycles. The molecular formula is C30H47NO7. The molecule has 1 aromatic rings. The third kappa shape index (κ3) is 6.93. The molecule has 1 aromatic carbocycles. The standard InChI is InChI=1S/C30H47NO7/c1-18(2)21-16-23(25-17-22(19(3)4)28(32)37-25)31(29(33)38-30(5,6)7)27(21)20-11-12-24(35-9)26(15-20)36-14-10-13-34-8/h11-12,15,18-19,21-23,25,27H,10,13-14,16-17H2,1-9H3/t21-,22-,23?,25-,27?/m0/s1. The van der Waals surface area contributed by atoms with Crippen LogP contribution in [-0.2, 0) is 19.0 Å². The van der Waals surface area contributed by atoms with E-state index < -0.39 is 11.7 Å². The van der Waals surface area contributed by atoms with Gasteiger partial charge in [-0.3, -0.25) is 9.69 Å². The fourth-order valence-corrected chi connectivity index (χ4v) is 5.66. The van der Waals surface area contributed by atoms with Crippen LogP contribution in [0, 0.1) is 23.7 Å². The number of carbonyl (C=O) groups is 2. The number of rotatable bonds is 10. The Morgan fingerprint density at radius 1 is 1.05 bits per heavy atom. The van der Waals surface area contributed by atoms with E-state index in [1.165, 1.54) is 0 Å². The highest BCUT2D eigenvalue weighted by molar-refractivity contribution is 5.75. The maximum Gasteiger partial charge on any atom is 0.411 e. The van der Waals surface area contributed by atoms with Crippen LogP contribution in [0.3, 0.4) is 0 Å². The quantitative estimate of drug-likeness (QED) is 0.269. The summed E-state index contributed by atoms with van der Waals surface area (Å²) >= 11 is 0. The van der Waals surface area contributed by atoms with Gasteiger partial charge < -0.3 is 23.7 Å². The van der Waals surface area contributed by atoms with Crippen molar-refractivity contribution < 1.29 is 33.3 Å². The lowest BCUT2D eigenvalue weighted by molar-refractivity contribution is -0.147. The average Bonchev–Trinajstić information content (AvgIpc) is 3.42. The summed E-state index contributed by atoms with van der Waals surface area (Å²) in [5, 5.41) is 0. The number of carbonyl (C=O) groups excluding carboxylic acids is 2. The molecule has 2 fully saturated rings. The zero-order valence-corrected chi connectivity index (χ0v) is 24.6. The Morgan fingerprint density at radius 3 is 2.32 bits per heavy atom. The Bertz CT molecular complexity index is 954. The number of hydrogen-bond donors (Lipinski definition) is 0. The van der Waals surface area contributed by atoms with Crippen LogP contribution in [0.25, 0.3) is 0 Å². The molecular weight excluding hydrogens is 486 g/mol. The second-order valence-corrected chi connectivity index (χ2v) is 12.2. The van der Waals surface area contributed by atoms with Gasteiger partial charge in [0.25, 0.3) is 0 Å². The molecule has 214 valence electrons. The summed E-state index contributed by atoms with van der Waals surface area (Å²) in [6.07, 6.45) is 1.32. The molecule has 2 saturated heterocycles. The van der Waals surface area contributed by atoms with E-state index in [-0.39, 0.29) is 47.8 Å². The lowest BCUT2D eigenvalue weighted by Crippen LogP contribution is -2.46. The van der Waals surface area contributed by atoms with E-state index in [4.69, 9.17) is 23.7 Å². The molecule has 2 heterocycles. The first-order valence-corrected chi connectivity index (χ1v) is 13.9. The van der Waals surface area contributed by atoms with Crippen LogP contribution < -0.4 is 9.47 Å². The molecule has 2 unspecified atom stereocenters. The molecule has 0 aliphatic carbocycles.